The summed E-state index contributed by atoms with van der Waals surface area (Å²) in [5.41, 5.74) is 4.84. The van der Waals surface area contributed by atoms with Crippen LogP contribution in [0.15, 0.2) is 48.5 Å². The Labute approximate surface area is 216 Å². The SMILES string of the molecule is CCN1C(=O)C(Cc2cc3c(s2)-n2c4ccccc4c4cccc(c42)C3(C)C)C(=O)N(CC)C1=[Se]. The molecule has 7 heteroatoms. The second kappa shape index (κ2) is 7.89. The molecule has 5 nitrogen and oxygen atoms in total. The third-order valence-electron chi connectivity index (χ3n) is 7.64. The number of hydrogen-bond acceptors (Lipinski definition) is 3. The molecule has 6 rings (SSSR count). The molecule has 0 radical (unpaired) electrons. The van der Waals surface area contributed by atoms with Gasteiger partial charge in [0.1, 0.15) is 0 Å². The van der Waals surface area contributed by atoms with E-state index in [2.05, 4.69) is 82.5 Å². The van der Waals surface area contributed by atoms with Crippen LogP contribution in [0.5, 0.6) is 0 Å². The molecule has 1 fully saturated rings. The summed E-state index contributed by atoms with van der Waals surface area (Å²) in [6.07, 6.45) is 0.421. The number of nitrogens with zero attached hydrogens (tertiary/aromatic N) is 3. The Morgan fingerprint density at radius 2 is 1.57 bits per heavy atom. The van der Waals surface area contributed by atoms with Gasteiger partial charge in [-0.05, 0) is 0 Å². The molecule has 1 saturated heterocycles. The van der Waals surface area contributed by atoms with Crippen molar-refractivity contribution < 1.29 is 9.59 Å². The van der Waals surface area contributed by atoms with Gasteiger partial charge in [0, 0.05) is 0 Å². The molecule has 2 aromatic carbocycles. The van der Waals surface area contributed by atoms with Crippen molar-refractivity contribution in [2.75, 3.05) is 13.1 Å². The second-order valence-corrected chi connectivity index (χ2v) is 11.7. The molecule has 2 aromatic heterocycles. The van der Waals surface area contributed by atoms with Gasteiger partial charge in [-0.25, -0.2) is 0 Å². The van der Waals surface area contributed by atoms with Crippen LogP contribution in [0.3, 0.4) is 0 Å². The van der Waals surface area contributed by atoms with Gasteiger partial charge in [-0.15, -0.1) is 0 Å². The zero-order valence-corrected chi connectivity index (χ0v) is 22.8. The second-order valence-electron chi connectivity index (χ2n) is 9.82. The summed E-state index contributed by atoms with van der Waals surface area (Å²) < 4.78 is 3.01. The Kier molecular flexibility index (Phi) is 5.12. The van der Waals surface area contributed by atoms with E-state index in [1.165, 1.54) is 37.9 Å². The van der Waals surface area contributed by atoms with Gasteiger partial charge in [0.2, 0.25) is 0 Å². The first-order valence-corrected chi connectivity index (χ1v) is 13.8. The van der Waals surface area contributed by atoms with Gasteiger partial charge in [-0.3, -0.25) is 0 Å². The van der Waals surface area contributed by atoms with Crippen LogP contribution in [0, 0.1) is 5.92 Å². The maximum absolute atomic E-state index is 13.3. The molecule has 2 amide bonds. The summed E-state index contributed by atoms with van der Waals surface area (Å²) >= 11 is 4.66. The number of thiophene rings is 1. The van der Waals surface area contributed by atoms with Gasteiger partial charge in [0.15, 0.2) is 0 Å². The molecule has 178 valence electrons. The number of aromatic nitrogens is 1. The van der Waals surface area contributed by atoms with Crippen molar-refractivity contribution in [3.05, 3.63) is 64.5 Å². The van der Waals surface area contributed by atoms with E-state index in [0.717, 1.165) is 4.88 Å². The molecule has 4 heterocycles. The number of carbonyl (C=O) groups is 2. The van der Waals surface area contributed by atoms with Crippen molar-refractivity contribution in [1.82, 2.24) is 14.4 Å². The van der Waals surface area contributed by atoms with Crippen LogP contribution >= 0.6 is 11.3 Å². The Hall–Kier alpha value is -2.73. The number of fused-ring (bicyclic) bond motifs is 5. The summed E-state index contributed by atoms with van der Waals surface area (Å²) in [4.78, 5) is 31.1. The molecule has 0 bridgehead atoms. The van der Waals surface area contributed by atoms with Crippen LogP contribution in [0.25, 0.3) is 26.8 Å². The van der Waals surface area contributed by atoms with E-state index in [0.29, 0.717) is 24.2 Å². The molecule has 4 aromatic rings. The molecule has 0 spiro atoms. The summed E-state index contributed by atoms with van der Waals surface area (Å²) in [5, 5.41) is 3.71. The van der Waals surface area contributed by atoms with Crippen molar-refractivity contribution >= 4 is 65.2 Å². The quantitative estimate of drug-likeness (QED) is 0.276. The fourth-order valence-corrected chi connectivity index (χ4v) is 8.10. The van der Waals surface area contributed by atoms with Gasteiger partial charge in [-0.1, -0.05) is 6.07 Å². The molecular weight excluding hydrogens is 521 g/mol. The van der Waals surface area contributed by atoms with Crippen LogP contribution in [0.2, 0.25) is 0 Å². The average Bonchev–Trinajstić information content (AvgIpc) is 3.41. The topological polar surface area (TPSA) is 45.6 Å². The number of carbonyl (C=O) groups excluding carboxylic acids is 2. The molecule has 0 unspecified atom stereocenters. The number of hydrogen-bond donors (Lipinski definition) is 0. The van der Waals surface area contributed by atoms with Crippen LogP contribution in [0.4, 0.5) is 0 Å². The zero-order valence-electron chi connectivity index (χ0n) is 20.3. The van der Waals surface area contributed by atoms with Gasteiger partial charge in [0.05, 0.1) is 0 Å². The van der Waals surface area contributed by atoms with Crippen LogP contribution in [-0.4, -0.2) is 59.5 Å². The van der Waals surface area contributed by atoms with Crippen LogP contribution in [-0.2, 0) is 21.4 Å². The van der Waals surface area contributed by atoms with Crippen molar-refractivity contribution in [3.63, 3.8) is 0 Å². The third-order valence-corrected chi connectivity index (χ3v) is 9.70. The molecule has 0 saturated carbocycles. The van der Waals surface area contributed by atoms with Gasteiger partial charge in [-0.2, -0.15) is 0 Å². The fraction of sp³-hybridized carbons (Fsp3) is 0.321. The summed E-state index contributed by atoms with van der Waals surface area (Å²) in [6, 6.07) is 17.4. The molecule has 0 atom stereocenters. The molecule has 2 aliphatic heterocycles. The molecule has 0 N–H and O–H groups in total. The van der Waals surface area contributed by atoms with E-state index in [1.54, 1.807) is 21.1 Å². The first-order valence-electron chi connectivity index (χ1n) is 12.1. The van der Waals surface area contributed by atoms with Gasteiger partial charge in [0.25, 0.3) is 0 Å². The summed E-state index contributed by atoms with van der Waals surface area (Å²) in [7, 11) is 0. The summed E-state index contributed by atoms with van der Waals surface area (Å²) in [6.45, 7) is 9.53. The minimum absolute atomic E-state index is 0.112. The standard InChI is InChI=1S/C28H27N3O2SSe/c1-5-29-24(32)19(25(33)30(6-2)27(29)35)14-16-15-21-26(34-16)31-22-13-8-7-10-17(22)18-11-9-12-20(23(18)31)28(21,3)4/h7-13,15,19H,5-6,14H2,1-4H3. The maximum atomic E-state index is 13.3. The minimum atomic E-state index is -0.695. The van der Waals surface area contributed by atoms with Crippen molar-refractivity contribution in [1.29, 1.82) is 0 Å². The third kappa shape index (κ3) is 3.01. The predicted molar refractivity (Wildman–Crippen MR) is 144 cm³/mol. The van der Waals surface area contributed by atoms with E-state index in [1.807, 2.05) is 13.8 Å². The first-order chi connectivity index (χ1) is 16.8. The molecule has 0 aliphatic carbocycles. The Balaban J connectivity index is 1.51. The molecule has 35 heavy (non-hydrogen) atoms. The molecule has 2 aliphatic rings. The Morgan fingerprint density at radius 1 is 0.914 bits per heavy atom. The Morgan fingerprint density at radius 3 is 2.26 bits per heavy atom. The van der Waals surface area contributed by atoms with Gasteiger partial charge >= 0.3 is 211 Å². The summed E-state index contributed by atoms with van der Waals surface area (Å²) in [5.74, 6) is -0.920. The van der Waals surface area contributed by atoms with E-state index in [9.17, 15) is 9.59 Å². The Bertz CT molecular complexity index is 1540. The van der Waals surface area contributed by atoms with E-state index in [4.69, 9.17) is 0 Å². The van der Waals surface area contributed by atoms with E-state index < -0.39 is 5.92 Å². The van der Waals surface area contributed by atoms with Crippen molar-refractivity contribution in [3.8, 4) is 5.00 Å². The fourth-order valence-electron chi connectivity index (χ4n) is 5.80. The average molecular weight is 549 g/mol. The van der Waals surface area contributed by atoms with Crippen LogP contribution in [0.1, 0.15) is 43.7 Å². The van der Waals surface area contributed by atoms with E-state index >= 15 is 0 Å². The normalized spacial score (nSPS) is 17.7. The van der Waals surface area contributed by atoms with Crippen molar-refractivity contribution in [2.24, 2.45) is 5.92 Å². The predicted octanol–water partition coefficient (Wildman–Crippen LogP) is 4.61. The van der Waals surface area contributed by atoms with E-state index in [-0.39, 0.29) is 17.2 Å². The zero-order chi connectivity index (χ0) is 24.6. The number of amides is 2. The van der Waals surface area contributed by atoms with Gasteiger partial charge < -0.3 is 0 Å². The first kappa shape index (κ1) is 22.7. The number of benzene rings is 2. The number of rotatable bonds is 4. The molecular formula is C28H27N3O2SSe. The monoisotopic (exact) mass is 549 g/mol. The number of para-hydroxylation sites is 2. The van der Waals surface area contributed by atoms with Crippen LogP contribution < -0.4 is 0 Å². The van der Waals surface area contributed by atoms with Crippen molar-refractivity contribution in [2.45, 2.75) is 39.5 Å².